The number of nitrogens with one attached hydrogen (secondary N) is 1. The number of nitrogens with two attached hydrogens (primary N) is 1. The van der Waals surface area contributed by atoms with Gasteiger partial charge >= 0.3 is 5.97 Å². The van der Waals surface area contributed by atoms with Crippen LogP contribution >= 0.6 is 0 Å². The van der Waals surface area contributed by atoms with E-state index in [9.17, 15) is 4.79 Å². The first-order valence-corrected chi connectivity index (χ1v) is 5.79. The number of benzene rings is 1. The standard InChI is InChI=1S/C14H12N4O2/c1-8-11(14(19)20)6-12(16)13(17-8)18-10-4-2-9(7-15)3-5-10/h2-6H,16H2,1H3,(H,17,18)(H,19,20). The minimum Gasteiger partial charge on any atom is -0.478 e. The lowest BCUT2D eigenvalue weighted by Gasteiger charge is -2.11. The van der Waals surface area contributed by atoms with Gasteiger partial charge < -0.3 is 16.2 Å². The van der Waals surface area contributed by atoms with Gasteiger partial charge in [-0.2, -0.15) is 5.26 Å². The highest BCUT2D eigenvalue weighted by molar-refractivity contribution is 5.91. The minimum atomic E-state index is -1.06. The fraction of sp³-hybridized carbons (Fsp3) is 0.0714. The number of nitrogen functional groups attached to an aromatic ring is 1. The van der Waals surface area contributed by atoms with Crippen LogP contribution in [0, 0.1) is 18.3 Å². The number of carboxylic acids is 1. The number of aromatic nitrogens is 1. The SMILES string of the molecule is Cc1nc(Nc2ccc(C#N)cc2)c(N)cc1C(=O)O. The van der Waals surface area contributed by atoms with Crippen LogP contribution in [0.3, 0.4) is 0 Å². The van der Waals surface area contributed by atoms with Gasteiger partial charge in [0, 0.05) is 5.69 Å². The van der Waals surface area contributed by atoms with Crippen molar-refractivity contribution in [1.82, 2.24) is 4.98 Å². The Hall–Kier alpha value is -3.07. The number of hydrogen-bond donors (Lipinski definition) is 3. The maximum absolute atomic E-state index is 11.0. The molecule has 2 aromatic rings. The molecule has 0 fully saturated rings. The summed E-state index contributed by atoms with van der Waals surface area (Å²) in [6, 6.07) is 10.2. The van der Waals surface area contributed by atoms with Crippen molar-refractivity contribution in [1.29, 1.82) is 5.26 Å². The third-order valence-electron chi connectivity index (χ3n) is 2.75. The van der Waals surface area contributed by atoms with Crippen molar-refractivity contribution in [3.05, 3.63) is 47.2 Å². The predicted molar refractivity (Wildman–Crippen MR) is 74.8 cm³/mol. The van der Waals surface area contributed by atoms with Gasteiger partial charge in [0.25, 0.3) is 0 Å². The van der Waals surface area contributed by atoms with Gasteiger partial charge in [0.2, 0.25) is 0 Å². The van der Waals surface area contributed by atoms with Gasteiger partial charge in [-0.3, -0.25) is 0 Å². The lowest BCUT2D eigenvalue weighted by atomic mass is 10.2. The summed E-state index contributed by atoms with van der Waals surface area (Å²) in [5.41, 5.74) is 7.76. The van der Waals surface area contributed by atoms with Crippen LogP contribution in [0.1, 0.15) is 21.6 Å². The van der Waals surface area contributed by atoms with Crippen LogP contribution < -0.4 is 11.1 Å². The number of anilines is 3. The van der Waals surface area contributed by atoms with E-state index in [1.54, 1.807) is 31.2 Å². The monoisotopic (exact) mass is 268 g/mol. The number of pyridine rings is 1. The van der Waals surface area contributed by atoms with Crippen LogP contribution in [0.15, 0.2) is 30.3 Å². The average molecular weight is 268 g/mol. The van der Waals surface area contributed by atoms with Gasteiger partial charge in [0.1, 0.15) is 0 Å². The maximum atomic E-state index is 11.0. The molecule has 1 heterocycles. The molecule has 2 rings (SSSR count). The van der Waals surface area contributed by atoms with Crippen molar-refractivity contribution in [2.24, 2.45) is 0 Å². The second-order valence-electron chi connectivity index (χ2n) is 4.18. The molecule has 0 aliphatic carbocycles. The number of rotatable bonds is 3. The van der Waals surface area contributed by atoms with Crippen LogP contribution in [-0.4, -0.2) is 16.1 Å². The van der Waals surface area contributed by atoms with E-state index in [-0.39, 0.29) is 11.3 Å². The number of aromatic carboxylic acids is 1. The van der Waals surface area contributed by atoms with Crippen LogP contribution in [0.2, 0.25) is 0 Å². The summed E-state index contributed by atoms with van der Waals surface area (Å²) in [5.74, 6) is -0.677. The molecule has 0 radical (unpaired) electrons. The van der Waals surface area contributed by atoms with E-state index in [1.807, 2.05) is 6.07 Å². The Labute approximate surface area is 115 Å². The van der Waals surface area contributed by atoms with E-state index >= 15 is 0 Å². The Bertz CT molecular complexity index is 702. The van der Waals surface area contributed by atoms with Crippen LogP contribution in [-0.2, 0) is 0 Å². The highest BCUT2D eigenvalue weighted by Gasteiger charge is 2.12. The second-order valence-corrected chi connectivity index (χ2v) is 4.18. The molecule has 1 aromatic heterocycles. The fourth-order valence-electron chi connectivity index (χ4n) is 1.70. The first kappa shape index (κ1) is 13.4. The minimum absolute atomic E-state index is 0.0767. The largest absolute Gasteiger partial charge is 0.478 e. The van der Waals surface area contributed by atoms with Crippen molar-refractivity contribution >= 4 is 23.2 Å². The second kappa shape index (κ2) is 5.28. The molecule has 0 saturated carbocycles. The number of nitrogens with zero attached hydrogens (tertiary/aromatic N) is 2. The number of hydrogen-bond acceptors (Lipinski definition) is 5. The lowest BCUT2D eigenvalue weighted by molar-refractivity contribution is 0.0695. The maximum Gasteiger partial charge on any atom is 0.337 e. The zero-order valence-corrected chi connectivity index (χ0v) is 10.7. The Balaban J connectivity index is 2.31. The van der Waals surface area contributed by atoms with E-state index in [0.717, 1.165) is 0 Å². The topological polar surface area (TPSA) is 112 Å². The van der Waals surface area contributed by atoms with Crippen LogP contribution in [0.25, 0.3) is 0 Å². The van der Waals surface area contributed by atoms with Crippen LogP contribution in [0.4, 0.5) is 17.2 Å². The third kappa shape index (κ3) is 2.67. The molecule has 20 heavy (non-hydrogen) atoms. The van der Waals surface area contributed by atoms with Gasteiger partial charge in [-0.15, -0.1) is 0 Å². The molecule has 0 atom stereocenters. The van der Waals surface area contributed by atoms with E-state index in [0.29, 0.717) is 22.8 Å². The first-order valence-electron chi connectivity index (χ1n) is 5.79. The first-order chi connectivity index (χ1) is 9.51. The average Bonchev–Trinajstić information content (AvgIpc) is 2.43. The van der Waals surface area contributed by atoms with Gasteiger partial charge in [-0.1, -0.05) is 0 Å². The number of carboxylic acid groups (broad SMARTS) is 1. The van der Waals surface area contributed by atoms with Gasteiger partial charge in [0.15, 0.2) is 5.82 Å². The smallest absolute Gasteiger partial charge is 0.337 e. The van der Waals surface area contributed by atoms with E-state index in [1.165, 1.54) is 6.07 Å². The molecule has 6 nitrogen and oxygen atoms in total. The summed E-state index contributed by atoms with van der Waals surface area (Å²) < 4.78 is 0. The third-order valence-corrected chi connectivity index (χ3v) is 2.75. The molecule has 6 heteroatoms. The van der Waals surface area contributed by atoms with Crippen molar-refractivity contribution in [2.45, 2.75) is 6.92 Å². The van der Waals surface area contributed by atoms with Gasteiger partial charge in [-0.05, 0) is 37.3 Å². The molecule has 0 saturated heterocycles. The molecule has 0 aliphatic rings. The predicted octanol–water partition coefficient (Wildman–Crippen LogP) is 2.29. The quantitative estimate of drug-likeness (QED) is 0.787. The summed E-state index contributed by atoms with van der Waals surface area (Å²) in [7, 11) is 0. The lowest BCUT2D eigenvalue weighted by Crippen LogP contribution is -2.07. The van der Waals surface area contributed by atoms with Gasteiger partial charge in [-0.25, -0.2) is 9.78 Å². The number of aryl methyl sites for hydroxylation is 1. The van der Waals surface area contributed by atoms with Gasteiger partial charge in [0.05, 0.1) is 28.6 Å². The highest BCUT2D eigenvalue weighted by Crippen LogP contribution is 2.23. The summed E-state index contributed by atoms with van der Waals surface area (Å²) >= 11 is 0. The summed E-state index contributed by atoms with van der Waals surface area (Å²) in [6.07, 6.45) is 0. The molecule has 0 amide bonds. The highest BCUT2D eigenvalue weighted by atomic mass is 16.4. The molecule has 0 spiro atoms. The summed E-state index contributed by atoms with van der Waals surface area (Å²) in [5, 5.41) is 20.7. The normalized spacial score (nSPS) is 9.80. The van der Waals surface area contributed by atoms with E-state index in [4.69, 9.17) is 16.1 Å². The van der Waals surface area contributed by atoms with E-state index in [2.05, 4.69) is 10.3 Å². The Morgan fingerprint density at radius 3 is 2.60 bits per heavy atom. The molecular formula is C14H12N4O2. The number of nitriles is 1. The van der Waals surface area contributed by atoms with Crippen LogP contribution in [0.5, 0.6) is 0 Å². The Morgan fingerprint density at radius 1 is 1.40 bits per heavy atom. The molecule has 0 aliphatic heterocycles. The zero-order chi connectivity index (χ0) is 14.7. The zero-order valence-electron chi connectivity index (χ0n) is 10.7. The molecule has 0 bridgehead atoms. The molecule has 1 aromatic carbocycles. The molecule has 4 N–H and O–H groups in total. The fourth-order valence-corrected chi connectivity index (χ4v) is 1.70. The summed E-state index contributed by atoms with van der Waals surface area (Å²) in [6.45, 7) is 1.60. The molecule has 0 unspecified atom stereocenters. The van der Waals surface area contributed by atoms with Crippen molar-refractivity contribution < 1.29 is 9.90 Å². The Morgan fingerprint density at radius 2 is 2.05 bits per heavy atom. The van der Waals surface area contributed by atoms with Crippen molar-refractivity contribution in [3.8, 4) is 6.07 Å². The Kier molecular flexibility index (Phi) is 3.53. The number of carbonyl (C=O) groups is 1. The van der Waals surface area contributed by atoms with E-state index < -0.39 is 5.97 Å². The molecular weight excluding hydrogens is 256 g/mol. The molecule has 100 valence electrons. The van der Waals surface area contributed by atoms with Crippen molar-refractivity contribution in [3.63, 3.8) is 0 Å². The summed E-state index contributed by atoms with van der Waals surface area (Å²) in [4.78, 5) is 15.1. The van der Waals surface area contributed by atoms with Crippen molar-refractivity contribution in [2.75, 3.05) is 11.1 Å².